The van der Waals surface area contributed by atoms with Gasteiger partial charge in [0.2, 0.25) is 5.65 Å². The van der Waals surface area contributed by atoms with Gasteiger partial charge in [-0.15, -0.1) is 10.2 Å². The number of fused-ring (bicyclic) bond motifs is 1. The highest BCUT2D eigenvalue weighted by atomic mass is 16.4. The van der Waals surface area contributed by atoms with Crippen molar-refractivity contribution in [1.82, 2.24) is 19.6 Å². The van der Waals surface area contributed by atoms with Crippen LogP contribution in [0.5, 0.6) is 0 Å². The molecule has 1 aliphatic heterocycles. The highest BCUT2D eigenvalue weighted by Crippen LogP contribution is 2.36. The van der Waals surface area contributed by atoms with Crippen molar-refractivity contribution in [2.75, 3.05) is 18.0 Å². The fourth-order valence-electron chi connectivity index (χ4n) is 3.02. The van der Waals surface area contributed by atoms with Gasteiger partial charge < -0.3 is 10.0 Å². The molecule has 0 aliphatic carbocycles. The first kappa shape index (κ1) is 13.8. The highest BCUT2D eigenvalue weighted by Gasteiger charge is 2.40. The van der Waals surface area contributed by atoms with Crippen molar-refractivity contribution in [2.45, 2.75) is 33.1 Å². The van der Waals surface area contributed by atoms with Gasteiger partial charge in [0, 0.05) is 25.5 Å². The maximum atomic E-state index is 11.5. The monoisotopic (exact) mass is 289 g/mol. The summed E-state index contributed by atoms with van der Waals surface area (Å²) in [5.74, 6) is 0.918. The molecular formula is C14H19N5O2. The summed E-state index contributed by atoms with van der Waals surface area (Å²) in [4.78, 5) is 18.0. The number of hydrogen-bond acceptors (Lipinski definition) is 5. The minimum atomic E-state index is -0.686. The van der Waals surface area contributed by atoms with Crippen LogP contribution in [0.2, 0.25) is 0 Å². The van der Waals surface area contributed by atoms with Gasteiger partial charge in [-0.1, -0.05) is 6.92 Å². The lowest BCUT2D eigenvalue weighted by Gasteiger charge is -2.38. The topological polar surface area (TPSA) is 83.6 Å². The van der Waals surface area contributed by atoms with Crippen LogP contribution in [0.3, 0.4) is 0 Å². The zero-order valence-electron chi connectivity index (χ0n) is 12.3. The van der Waals surface area contributed by atoms with Crippen LogP contribution < -0.4 is 4.90 Å². The third-order valence-corrected chi connectivity index (χ3v) is 4.63. The summed E-state index contributed by atoms with van der Waals surface area (Å²) in [6.45, 7) is 5.20. The SMILES string of the molecule is CCC1(C(=O)O)CCN(c2nccn3c(C)nnc23)CC1. The van der Waals surface area contributed by atoms with E-state index in [2.05, 4.69) is 20.1 Å². The molecule has 0 unspecified atom stereocenters. The first-order valence-electron chi connectivity index (χ1n) is 7.22. The molecule has 21 heavy (non-hydrogen) atoms. The van der Waals surface area contributed by atoms with Gasteiger partial charge in [0.15, 0.2) is 5.82 Å². The maximum absolute atomic E-state index is 11.5. The molecule has 0 amide bonds. The van der Waals surface area contributed by atoms with E-state index in [0.717, 1.165) is 17.3 Å². The number of nitrogens with zero attached hydrogens (tertiary/aromatic N) is 5. The fourth-order valence-corrected chi connectivity index (χ4v) is 3.02. The first-order chi connectivity index (χ1) is 10.1. The van der Waals surface area contributed by atoms with Crippen molar-refractivity contribution in [3.8, 4) is 0 Å². The molecule has 0 radical (unpaired) electrons. The molecule has 3 rings (SSSR count). The second-order valence-corrected chi connectivity index (χ2v) is 5.62. The average Bonchev–Trinajstić information content (AvgIpc) is 2.89. The number of carbonyl (C=O) groups is 1. The summed E-state index contributed by atoms with van der Waals surface area (Å²) >= 11 is 0. The van der Waals surface area contributed by atoms with Crippen molar-refractivity contribution in [2.24, 2.45) is 5.41 Å². The van der Waals surface area contributed by atoms with E-state index in [1.54, 1.807) is 6.20 Å². The Morgan fingerprint density at radius 1 is 1.38 bits per heavy atom. The Hall–Kier alpha value is -2.18. The number of hydrogen-bond donors (Lipinski definition) is 1. The predicted octanol–water partition coefficient (Wildman–Crippen LogP) is 1.51. The largest absolute Gasteiger partial charge is 0.481 e. The number of aliphatic carboxylic acids is 1. The Morgan fingerprint density at radius 3 is 2.71 bits per heavy atom. The lowest BCUT2D eigenvalue weighted by atomic mass is 9.76. The lowest BCUT2D eigenvalue weighted by molar-refractivity contribution is -0.150. The van der Waals surface area contributed by atoms with E-state index in [-0.39, 0.29) is 0 Å². The summed E-state index contributed by atoms with van der Waals surface area (Å²) in [6.07, 6.45) is 5.50. The minimum Gasteiger partial charge on any atom is -0.481 e. The Labute approximate surface area is 122 Å². The molecule has 2 aromatic rings. The molecule has 0 saturated carbocycles. The molecule has 0 aromatic carbocycles. The fraction of sp³-hybridized carbons (Fsp3) is 0.571. The van der Waals surface area contributed by atoms with E-state index in [1.165, 1.54) is 0 Å². The van der Waals surface area contributed by atoms with Gasteiger partial charge in [-0.05, 0) is 26.2 Å². The van der Waals surface area contributed by atoms with Gasteiger partial charge in [-0.2, -0.15) is 0 Å². The van der Waals surface area contributed by atoms with E-state index in [4.69, 9.17) is 0 Å². The number of rotatable bonds is 3. The molecule has 1 fully saturated rings. The molecule has 0 atom stereocenters. The Bertz CT molecular complexity index is 673. The number of anilines is 1. The van der Waals surface area contributed by atoms with Crippen LogP contribution in [0.1, 0.15) is 32.0 Å². The molecule has 7 nitrogen and oxygen atoms in total. The van der Waals surface area contributed by atoms with E-state index in [0.29, 0.717) is 32.4 Å². The van der Waals surface area contributed by atoms with Crippen molar-refractivity contribution in [3.05, 3.63) is 18.2 Å². The Morgan fingerprint density at radius 2 is 2.10 bits per heavy atom. The van der Waals surface area contributed by atoms with Gasteiger partial charge >= 0.3 is 5.97 Å². The predicted molar refractivity (Wildman–Crippen MR) is 77.3 cm³/mol. The van der Waals surface area contributed by atoms with Gasteiger partial charge in [-0.25, -0.2) is 4.98 Å². The lowest BCUT2D eigenvalue weighted by Crippen LogP contribution is -2.44. The number of aromatic nitrogens is 4. The zero-order valence-corrected chi connectivity index (χ0v) is 12.3. The smallest absolute Gasteiger partial charge is 0.309 e. The highest BCUT2D eigenvalue weighted by molar-refractivity contribution is 5.75. The van der Waals surface area contributed by atoms with Gasteiger partial charge in [0.25, 0.3) is 0 Å². The molecule has 0 spiro atoms. The van der Waals surface area contributed by atoms with Gasteiger partial charge in [0.05, 0.1) is 5.41 Å². The van der Waals surface area contributed by atoms with E-state index < -0.39 is 11.4 Å². The van der Waals surface area contributed by atoms with E-state index in [1.807, 2.05) is 24.4 Å². The Kier molecular flexibility index (Phi) is 3.27. The molecule has 7 heteroatoms. The zero-order chi connectivity index (χ0) is 15.0. The van der Waals surface area contributed by atoms with Gasteiger partial charge in [-0.3, -0.25) is 9.20 Å². The summed E-state index contributed by atoms with van der Waals surface area (Å²) in [5.41, 5.74) is 0.139. The van der Waals surface area contributed by atoms with E-state index >= 15 is 0 Å². The van der Waals surface area contributed by atoms with Crippen molar-refractivity contribution in [3.63, 3.8) is 0 Å². The average molecular weight is 289 g/mol. The first-order valence-corrected chi connectivity index (χ1v) is 7.22. The molecule has 2 aromatic heterocycles. The minimum absolute atomic E-state index is 0.592. The molecule has 0 bridgehead atoms. The summed E-state index contributed by atoms with van der Waals surface area (Å²) in [5, 5.41) is 17.7. The number of aryl methyl sites for hydroxylation is 1. The molecule has 1 N–H and O–H groups in total. The van der Waals surface area contributed by atoms with Crippen molar-refractivity contribution in [1.29, 1.82) is 0 Å². The molecule has 112 valence electrons. The standard InChI is InChI=1S/C14H19N5O2/c1-3-14(13(20)21)4-7-18(8-5-14)11-12-17-16-10(2)19(12)9-6-15-11/h6,9H,3-5,7-8H2,1-2H3,(H,20,21). The molecule has 3 heterocycles. The summed E-state index contributed by atoms with van der Waals surface area (Å²) in [7, 11) is 0. The summed E-state index contributed by atoms with van der Waals surface area (Å²) < 4.78 is 1.90. The van der Waals surface area contributed by atoms with Crippen LogP contribution in [-0.4, -0.2) is 43.7 Å². The maximum Gasteiger partial charge on any atom is 0.309 e. The van der Waals surface area contributed by atoms with Crippen LogP contribution >= 0.6 is 0 Å². The molecule has 1 aliphatic rings. The number of piperidine rings is 1. The summed E-state index contributed by atoms with van der Waals surface area (Å²) in [6, 6.07) is 0. The number of carboxylic acid groups (broad SMARTS) is 1. The van der Waals surface area contributed by atoms with Crippen LogP contribution in [0.15, 0.2) is 12.4 Å². The van der Waals surface area contributed by atoms with Crippen LogP contribution in [-0.2, 0) is 4.79 Å². The Balaban J connectivity index is 1.88. The molecule has 1 saturated heterocycles. The second kappa shape index (κ2) is 4.98. The van der Waals surface area contributed by atoms with E-state index in [9.17, 15) is 9.90 Å². The number of carboxylic acids is 1. The van der Waals surface area contributed by atoms with Gasteiger partial charge in [0.1, 0.15) is 5.82 Å². The second-order valence-electron chi connectivity index (χ2n) is 5.62. The third kappa shape index (κ3) is 2.12. The van der Waals surface area contributed by atoms with Crippen LogP contribution in [0, 0.1) is 12.3 Å². The van der Waals surface area contributed by atoms with Crippen molar-refractivity contribution < 1.29 is 9.90 Å². The van der Waals surface area contributed by atoms with Crippen molar-refractivity contribution >= 4 is 17.4 Å². The van der Waals surface area contributed by atoms with Crippen LogP contribution in [0.4, 0.5) is 5.82 Å². The molecular weight excluding hydrogens is 270 g/mol. The normalized spacial score (nSPS) is 18.1. The third-order valence-electron chi connectivity index (χ3n) is 4.63. The van der Waals surface area contributed by atoms with Crippen LogP contribution in [0.25, 0.3) is 5.65 Å². The quantitative estimate of drug-likeness (QED) is 0.922.